The maximum absolute atomic E-state index is 5.37. The zero-order chi connectivity index (χ0) is 27.9. The lowest BCUT2D eigenvalue weighted by molar-refractivity contribution is 0.960. The van der Waals surface area contributed by atoms with Crippen molar-refractivity contribution in [2.24, 2.45) is 86.7 Å². The highest BCUT2D eigenvalue weighted by molar-refractivity contribution is 6.38. The third-order valence-corrected chi connectivity index (χ3v) is 4.45. The molecule has 0 aliphatic rings. The van der Waals surface area contributed by atoms with Crippen molar-refractivity contribution in [2.45, 2.75) is 12.8 Å². The Kier molecular flexibility index (Phi) is 10.9. The summed E-state index contributed by atoms with van der Waals surface area (Å²) in [6, 6.07) is 15.3. The quantitative estimate of drug-likeness (QED) is 0.0926. The van der Waals surface area contributed by atoms with E-state index in [2.05, 4.69) is 40.8 Å². The highest BCUT2D eigenvalue weighted by atomic mass is 15.3. The van der Waals surface area contributed by atoms with E-state index < -0.39 is 0 Å². The summed E-state index contributed by atoms with van der Waals surface area (Å²) in [6.07, 6.45) is 4.25. The molecule has 0 saturated heterocycles. The lowest BCUT2D eigenvalue weighted by Crippen LogP contribution is -2.22. The Morgan fingerprint density at radius 3 is 1.05 bits per heavy atom. The molecular weight excluding hydrogens is 488 g/mol. The minimum Gasteiger partial charge on any atom is -0.369 e. The van der Waals surface area contributed by atoms with Crippen molar-refractivity contribution in [1.82, 2.24) is 0 Å². The van der Waals surface area contributed by atoms with Gasteiger partial charge >= 0.3 is 0 Å². The first kappa shape index (κ1) is 28.4. The molecule has 16 nitrogen and oxygen atoms in total. The van der Waals surface area contributed by atoms with E-state index in [9.17, 15) is 0 Å². The minimum absolute atomic E-state index is 0.192. The number of nitrogens with zero attached hydrogens (tertiary/aromatic N) is 8. The zero-order valence-corrected chi connectivity index (χ0v) is 20.4. The van der Waals surface area contributed by atoms with Crippen molar-refractivity contribution in [1.29, 1.82) is 0 Å². The van der Waals surface area contributed by atoms with Gasteiger partial charge in [0, 0.05) is 11.1 Å². The van der Waals surface area contributed by atoms with Gasteiger partial charge in [-0.3, -0.25) is 0 Å². The second-order valence-corrected chi connectivity index (χ2v) is 7.45. The number of rotatable bonds is 11. The van der Waals surface area contributed by atoms with Crippen molar-refractivity contribution in [3.8, 4) is 0 Å². The molecule has 38 heavy (non-hydrogen) atoms. The molecule has 0 saturated carbocycles. The average molecular weight is 519 g/mol. The Bertz CT molecular complexity index is 1190. The van der Waals surface area contributed by atoms with E-state index in [-0.39, 0.29) is 23.8 Å². The van der Waals surface area contributed by atoms with E-state index in [0.717, 1.165) is 24.0 Å². The van der Waals surface area contributed by atoms with Gasteiger partial charge in [-0.05, 0) is 24.0 Å². The van der Waals surface area contributed by atoms with Crippen molar-refractivity contribution < 1.29 is 0 Å². The van der Waals surface area contributed by atoms with E-state index >= 15 is 0 Å². The molecule has 0 fully saturated rings. The molecule has 0 amide bonds. The van der Waals surface area contributed by atoms with Crippen molar-refractivity contribution in [3.05, 3.63) is 70.8 Å². The molecule has 16 N–H and O–H groups in total. The van der Waals surface area contributed by atoms with E-state index in [1.54, 1.807) is 0 Å². The molecule has 2 rings (SSSR count). The molecule has 0 spiro atoms. The highest BCUT2D eigenvalue weighted by Crippen LogP contribution is 2.12. The summed E-state index contributed by atoms with van der Waals surface area (Å²) in [5.41, 5.74) is 47.0. The molecule has 0 heterocycles. The Morgan fingerprint density at radius 1 is 0.447 bits per heavy atom. The number of nitrogens with two attached hydrogens (primary N) is 8. The summed E-state index contributed by atoms with van der Waals surface area (Å²) in [7, 11) is 0. The normalized spacial score (nSPS) is 11.8. The molecule has 0 bridgehead atoms. The van der Waals surface area contributed by atoms with E-state index in [0.29, 0.717) is 22.6 Å². The molecule has 0 aliphatic carbocycles. The summed E-state index contributed by atoms with van der Waals surface area (Å²) in [5, 5.41) is 29.9. The molecule has 16 heteroatoms. The molecule has 198 valence electrons. The summed E-state index contributed by atoms with van der Waals surface area (Å²) < 4.78 is 0. The van der Waals surface area contributed by atoms with Crippen molar-refractivity contribution >= 4 is 47.7 Å². The van der Waals surface area contributed by atoms with Crippen LogP contribution < -0.4 is 45.9 Å². The topological polar surface area (TPSA) is 307 Å². The van der Waals surface area contributed by atoms with Gasteiger partial charge in [0.1, 0.15) is 11.4 Å². The highest BCUT2D eigenvalue weighted by Gasteiger charge is 2.05. The monoisotopic (exact) mass is 518 g/mol. The largest absolute Gasteiger partial charge is 0.369 e. The predicted octanol–water partition coefficient (Wildman–Crippen LogP) is -2.05. The Balaban J connectivity index is 2.14. The van der Waals surface area contributed by atoms with Gasteiger partial charge in [-0.25, -0.2) is 0 Å². The van der Waals surface area contributed by atoms with Crippen LogP contribution in [0.4, 0.5) is 0 Å². The molecule has 0 radical (unpaired) electrons. The van der Waals surface area contributed by atoms with Crippen LogP contribution in [-0.2, 0) is 12.8 Å². The van der Waals surface area contributed by atoms with Crippen LogP contribution in [0.3, 0.4) is 0 Å². The van der Waals surface area contributed by atoms with Crippen LogP contribution >= 0.6 is 0 Å². The lowest BCUT2D eigenvalue weighted by atomic mass is 10.0. The summed E-state index contributed by atoms with van der Waals surface area (Å²) in [5.74, 6) is -0.781. The van der Waals surface area contributed by atoms with Crippen molar-refractivity contribution in [2.75, 3.05) is 0 Å². The fourth-order valence-corrected chi connectivity index (χ4v) is 2.81. The molecule has 0 aliphatic heterocycles. The number of aryl methyl sites for hydroxylation is 2. The fourth-order valence-electron chi connectivity index (χ4n) is 2.81. The zero-order valence-electron chi connectivity index (χ0n) is 20.4. The first-order valence-corrected chi connectivity index (χ1v) is 10.9. The molecular formula is C22H30N16. The first-order chi connectivity index (χ1) is 18.1. The predicted molar refractivity (Wildman–Crippen MR) is 154 cm³/mol. The Labute approximate surface area is 218 Å². The van der Waals surface area contributed by atoms with Gasteiger partial charge in [-0.15, -0.1) is 30.6 Å². The molecule has 0 atom stereocenters. The fraction of sp³-hybridized carbons (Fsp3) is 0.0909. The molecule has 2 aromatic carbocycles. The van der Waals surface area contributed by atoms with E-state index in [1.165, 1.54) is 12.4 Å². The smallest absolute Gasteiger partial charge is 0.211 e. The third kappa shape index (κ3) is 10.6. The van der Waals surface area contributed by atoms with E-state index in [1.807, 2.05) is 48.5 Å². The molecule has 2 aromatic rings. The van der Waals surface area contributed by atoms with Gasteiger partial charge in [-0.1, -0.05) is 48.5 Å². The average Bonchev–Trinajstić information content (AvgIpc) is 2.87. The standard InChI is InChI=1S/C22H30N16/c23-19(24)35-31-11-17(33-37-21(27)28)15-7-3-13(4-8-15)1-2-14-5-9-16(10-6-14)18(34-38-22(29)30)12-32-36-20(25)26/h3-12H,1-2H2,(H4,23,24,35)(H4,25,26,36)(H4,27,28,37)(H4,29,30,38)/b31-11+,32-12+,33-17-,34-18+. The summed E-state index contributed by atoms with van der Waals surface area (Å²) in [4.78, 5) is 0. The third-order valence-electron chi connectivity index (χ3n) is 4.45. The van der Waals surface area contributed by atoms with Crippen LogP contribution in [0.5, 0.6) is 0 Å². The molecule has 0 aromatic heterocycles. The van der Waals surface area contributed by atoms with E-state index in [4.69, 9.17) is 45.9 Å². The van der Waals surface area contributed by atoms with Crippen LogP contribution in [0.15, 0.2) is 89.3 Å². The van der Waals surface area contributed by atoms with Gasteiger partial charge in [-0.2, -0.15) is 10.2 Å². The number of guanidine groups is 4. The van der Waals surface area contributed by atoms with Gasteiger partial charge in [0.25, 0.3) is 0 Å². The Morgan fingerprint density at radius 2 is 0.763 bits per heavy atom. The number of benzene rings is 2. The van der Waals surface area contributed by atoms with Gasteiger partial charge < -0.3 is 45.9 Å². The summed E-state index contributed by atoms with van der Waals surface area (Å²) >= 11 is 0. The van der Waals surface area contributed by atoms with Crippen LogP contribution in [0.1, 0.15) is 22.3 Å². The SMILES string of the molecule is NC(N)=N/N=C(\C=N\N=C(N)N)c1ccc(CCc2ccc(C(/C=N/N=C(N)N)=N\N=C(N)N)cc2)cc1. The summed E-state index contributed by atoms with van der Waals surface area (Å²) in [6.45, 7) is 0. The van der Waals surface area contributed by atoms with Crippen LogP contribution in [0.2, 0.25) is 0 Å². The Hall–Kier alpha value is -5.80. The maximum atomic E-state index is 5.37. The number of hydrogen-bond acceptors (Lipinski definition) is 8. The molecule has 0 unspecified atom stereocenters. The van der Waals surface area contributed by atoms with Crippen LogP contribution in [0.25, 0.3) is 0 Å². The second-order valence-electron chi connectivity index (χ2n) is 7.45. The van der Waals surface area contributed by atoms with Gasteiger partial charge in [0.15, 0.2) is 0 Å². The van der Waals surface area contributed by atoms with Crippen molar-refractivity contribution in [3.63, 3.8) is 0 Å². The van der Waals surface area contributed by atoms with Crippen LogP contribution in [0, 0.1) is 0 Å². The van der Waals surface area contributed by atoms with Gasteiger partial charge in [0.05, 0.1) is 12.4 Å². The van der Waals surface area contributed by atoms with Crippen LogP contribution in [-0.4, -0.2) is 47.7 Å². The lowest BCUT2D eigenvalue weighted by Gasteiger charge is -2.06. The second kappa shape index (κ2) is 14.6. The minimum atomic E-state index is -0.198. The maximum Gasteiger partial charge on any atom is 0.211 e. The first-order valence-electron chi connectivity index (χ1n) is 10.9. The number of hydrogen-bond donors (Lipinski definition) is 8. The van der Waals surface area contributed by atoms with Gasteiger partial charge in [0.2, 0.25) is 23.8 Å².